The van der Waals surface area contributed by atoms with Crippen molar-refractivity contribution in [1.29, 1.82) is 0 Å². The van der Waals surface area contributed by atoms with Gasteiger partial charge in [-0.05, 0) is 25.0 Å². The average molecular weight is 372 g/mol. The number of ether oxygens (including phenoxy) is 1. The molecular formula is C19H24N4O4. The minimum atomic E-state index is -0.601. The lowest BCUT2D eigenvalue weighted by Crippen LogP contribution is -2.23. The summed E-state index contributed by atoms with van der Waals surface area (Å²) in [5.74, 6) is -0.396. The van der Waals surface area contributed by atoms with Gasteiger partial charge in [-0.1, -0.05) is 25.0 Å². The molecule has 1 aromatic carbocycles. The van der Waals surface area contributed by atoms with Crippen LogP contribution in [-0.2, 0) is 9.53 Å². The first-order valence-electron chi connectivity index (χ1n) is 9.13. The molecule has 3 N–H and O–H groups in total. The largest absolute Gasteiger partial charge is 0.452 e. The van der Waals surface area contributed by atoms with Gasteiger partial charge in [-0.25, -0.2) is 9.48 Å². The highest BCUT2D eigenvalue weighted by Gasteiger charge is 2.21. The van der Waals surface area contributed by atoms with Crippen LogP contribution in [-0.4, -0.2) is 46.5 Å². The Bertz CT molecular complexity index is 784. The van der Waals surface area contributed by atoms with E-state index in [2.05, 4.69) is 15.7 Å². The van der Waals surface area contributed by atoms with Gasteiger partial charge in [-0.2, -0.15) is 5.10 Å². The fourth-order valence-electron chi connectivity index (χ4n) is 3.25. The van der Waals surface area contributed by atoms with Gasteiger partial charge in [-0.3, -0.25) is 4.79 Å². The van der Waals surface area contributed by atoms with Crippen molar-refractivity contribution >= 4 is 23.4 Å². The molecule has 0 radical (unpaired) electrons. The average Bonchev–Trinajstić information content (AvgIpc) is 3.36. The Morgan fingerprint density at radius 1 is 1.22 bits per heavy atom. The third kappa shape index (κ3) is 4.85. The molecule has 8 nitrogen and oxygen atoms in total. The number of para-hydroxylation sites is 1. The second kappa shape index (κ2) is 9.18. The zero-order valence-electron chi connectivity index (χ0n) is 15.1. The smallest absolute Gasteiger partial charge is 0.340 e. The van der Waals surface area contributed by atoms with Crippen molar-refractivity contribution in [1.82, 2.24) is 9.78 Å². The third-order valence-corrected chi connectivity index (χ3v) is 4.52. The van der Waals surface area contributed by atoms with Crippen molar-refractivity contribution in [2.45, 2.75) is 31.7 Å². The molecule has 1 saturated carbocycles. The van der Waals surface area contributed by atoms with Crippen LogP contribution < -0.4 is 10.6 Å². The number of esters is 1. The van der Waals surface area contributed by atoms with Crippen molar-refractivity contribution in [3.8, 4) is 0 Å². The van der Waals surface area contributed by atoms with Crippen LogP contribution in [0.5, 0.6) is 0 Å². The molecule has 144 valence electrons. The standard InChI is InChI=1S/C19H24N4O4/c24-12-11-20-16-8-4-3-7-15(16)19(26)27-13-18(25)22-17-9-10-21-23(17)14-5-1-2-6-14/h3-4,7-10,14,20,24H,1-2,5-6,11-13H2,(H,22,25). The first kappa shape index (κ1) is 18.9. The lowest BCUT2D eigenvalue weighted by atomic mass is 10.2. The SMILES string of the molecule is O=C(COC(=O)c1ccccc1NCCO)Nc1ccnn1C1CCCC1. The summed E-state index contributed by atoms with van der Waals surface area (Å²) in [6, 6.07) is 8.85. The Kier molecular flexibility index (Phi) is 6.43. The van der Waals surface area contributed by atoms with Gasteiger partial charge < -0.3 is 20.5 Å². The maximum absolute atomic E-state index is 12.3. The van der Waals surface area contributed by atoms with Gasteiger partial charge >= 0.3 is 5.97 Å². The van der Waals surface area contributed by atoms with Crippen LogP contribution in [0.2, 0.25) is 0 Å². The number of aliphatic hydroxyl groups excluding tert-OH is 1. The van der Waals surface area contributed by atoms with E-state index in [1.54, 1.807) is 36.5 Å². The first-order valence-corrected chi connectivity index (χ1v) is 9.13. The summed E-state index contributed by atoms with van der Waals surface area (Å²) >= 11 is 0. The molecule has 1 aliphatic rings. The number of carbonyl (C=O) groups excluding carboxylic acids is 2. The summed E-state index contributed by atoms with van der Waals surface area (Å²) in [6.45, 7) is -0.126. The molecule has 1 amide bonds. The van der Waals surface area contributed by atoms with Gasteiger partial charge in [0.15, 0.2) is 6.61 Å². The lowest BCUT2D eigenvalue weighted by molar-refractivity contribution is -0.119. The topological polar surface area (TPSA) is 105 Å². The van der Waals surface area contributed by atoms with E-state index in [1.165, 1.54) is 12.8 Å². The van der Waals surface area contributed by atoms with Crippen molar-refractivity contribution in [3.63, 3.8) is 0 Å². The second-order valence-corrected chi connectivity index (χ2v) is 6.42. The highest BCUT2D eigenvalue weighted by molar-refractivity contribution is 5.98. The summed E-state index contributed by atoms with van der Waals surface area (Å²) in [7, 11) is 0. The zero-order chi connectivity index (χ0) is 19.1. The van der Waals surface area contributed by atoms with E-state index >= 15 is 0 Å². The quantitative estimate of drug-likeness (QED) is 0.614. The van der Waals surface area contributed by atoms with E-state index in [0.717, 1.165) is 12.8 Å². The number of benzene rings is 1. The molecule has 3 rings (SSSR count). The molecule has 0 aliphatic heterocycles. The molecule has 1 fully saturated rings. The monoisotopic (exact) mass is 372 g/mol. The molecule has 8 heteroatoms. The van der Waals surface area contributed by atoms with Crippen LogP contribution in [0.25, 0.3) is 0 Å². The molecule has 0 unspecified atom stereocenters. The maximum atomic E-state index is 12.3. The van der Waals surface area contributed by atoms with Crippen LogP contribution in [0.4, 0.5) is 11.5 Å². The van der Waals surface area contributed by atoms with E-state index in [9.17, 15) is 9.59 Å². The summed E-state index contributed by atoms with van der Waals surface area (Å²) in [6.07, 6.45) is 6.09. The number of hydrogen-bond acceptors (Lipinski definition) is 6. The van der Waals surface area contributed by atoms with Crippen LogP contribution >= 0.6 is 0 Å². The van der Waals surface area contributed by atoms with Crippen molar-refractivity contribution in [2.75, 3.05) is 30.4 Å². The van der Waals surface area contributed by atoms with Crippen LogP contribution in [0.3, 0.4) is 0 Å². The van der Waals surface area contributed by atoms with E-state index < -0.39 is 11.9 Å². The predicted octanol–water partition coefficient (Wildman–Crippen LogP) is 2.20. The normalized spacial score (nSPS) is 14.1. The minimum absolute atomic E-state index is 0.0551. The fourth-order valence-corrected chi connectivity index (χ4v) is 3.25. The van der Waals surface area contributed by atoms with Gasteiger partial charge in [0.1, 0.15) is 5.82 Å². The summed E-state index contributed by atoms with van der Waals surface area (Å²) < 4.78 is 6.98. The Hall–Kier alpha value is -2.87. The molecule has 1 aliphatic carbocycles. The van der Waals surface area contributed by atoms with Gasteiger partial charge in [0.05, 0.1) is 24.4 Å². The molecule has 0 saturated heterocycles. The lowest BCUT2D eigenvalue weighted by Gasteiger charge is -2.15. The Morgan fingerprint density at radius 3 is 2.78 bits per heavy atom. The van der Waals surface area contributed by atoms with E-state index in [1.807, 2.05) is 4.68 Å². The van der Waals surface area contributed by atoms with E-state index in [0.29, 0.717) is 29.7 Å². The highest BCUT2D eigenvalue weighted by Crippen LogP contribution is 2.31. The Labute approximate surface area is 157 Å². The molecule has 2 aromatic rings. The van der Waals surface area contributed by atoms with E-state index in [-0.39, 0.29) is 13.2 Å². The molecule has 27 heavy (non-hydrogen) atoms. The fraction of sp³-hybridized carbons (Fsp3) is 0.421. The number of anilines is 2. The maximum Gasteiger partial charge on any atom is 0.340 e. The Morgan fingerprint density at radius 2 is 2.00 bits per heavy atom. The summed E-state index contributed by atoms with van der Waals surface area (Å²) in [5, 5.41) is 18.9. The van der Waals surface area contributed by atoms with Crippen molar-refractivity contribution in [2.24, 2.45) is 0 Å². The third-order valence-electron chi connectivity index (χ3n) is 4.52. The van der Waals surface area contributed by atoms with Crippen molar-refractivity contribution in [3.05, 3.63) is 42.1 Å². The number of amides is 1. The minimum Gasteiger partial charge on any atom is -0.452 e. The predicted molar refractivity (Wildman–Crippen MR) is 101 cm³/mol. The molecular weight excluding hydrogens is 348 g/mol. The summed E-state index contributed by atoms with van der Waals surface area (Å²) in [4.78, 5) is 24.5. The highest BCUT2D eigenvalue weighted by atomic mass is 16.5. The molecule has 1 aromatic heterocycles. The molecule has 0 atom stereocenters. The van der Waals surface area contributed by atoms with Crippen molar-refractivity contribution < 1.29 is 19.4 Å². The van der Waals surface area contributed by atoms with Gasteiger partial charge in [-0.15, -0.1) is 0 Å². The molecule has 1 heterocycles. The van der Waals surface area contributed by atoms with Gasteiger partial charge in [0.25, 0.3) is 5.91 Å². The number of nitrogens with one attached hydrogen (secondary N) is 2. The van der Waals surface area contributed by atoms with Gasteiger partial charge in [0.2, 0.25) is 0 Å². The molecule has 0 bridgehead atoms. The van der Waals surface area contributed by atoms with E-state index in [4.69, 9.17) is 9.84 Å². The molecule has 0 spiro atoms. The Balaban J connectivity index is 1.55. The number of carbonyl (C=O) groups is 2. The van der Waals surface area contributed by atoms with Crippen LogP contribution in [0.1, 0.15) is 42.1 Å². The summed E-state index contributed by atoms with van der Waals surface area (Å²) in [5.41, 5.74) is 0.867. The van der Waals surface area contributed by atoms with Crippen LogP contribution in [0, 0.1) is 0 Å². The number of aromatic nitrogens is 2. The van der Waals surface area contributed by atoms with Crippen LogP contribution in [0.15, 0.2) is 36.5 Å². The van der Waals surface area contributed by atoms with Gasteiger partial charge in [0, 0.05) is 18.3 Å². The zero-order valence-corrected chi connectivity index (χ0v) is 15.1. The first-order chi connectivity index (χ1) is 13.2. The number of hydrogen-bond donors (Lipinski definition) is 3. The number of aliphatic hydroxyl groups is 1. The number of rotatable bonds is 8. The second-order valence-electron chi connectivity index (χ2n) is 6.42. The number of nitrogens with zero attached hydrogens (tertiary/aromatic N) is 2.